The van der Waals surface area contributed by atoms with E-state index in [9.17, 15) is 4.39 Å². The summed E-state index contributed by atoms with van der Waals surface area (Å²) in [7, 11) is 0. The van der Waals surface area contributed by atoms with E-state index in [0.717, 1.165) is 6.42 Å². The van der Waals surface area contributed by atoms with Gasteiger partial charge in [0.15, 0.2) is 0 Å². The van der Waals surface area contributed by atoms with Crippen molar-refractivity contribution in [1.82, 2.24) is 4.98 Å². The van der Waals surface area contributed by atoms with Crippen LogP contribution in [0.5, 0.6) is 5.75 Å². The van der Waals surface area contributed by atoms with Gasteiger partial charge in [-0.1, -0.05) is 20.8 Å². The van der Waals surface area contributed by atoms with Gasteiger partial charge in [-0.2, -0.15) is 0 Å². The van der Waals surface area contributed by atoms with Crippen LogP contribution in [0.4, 0.5) is 4.39 Å². The monoisotopic (exact) mass is 254 g/mol. The van der Waals surface area contributed by atoms with Gasteiger partial charge in [-0.05, 0) is 24.9 Å². The van der Waals surface area contributed by atoms with E-state index in [4.69, 9.17) is 10.5 Å². The summed E-state index contributed by atoms with van der Waals surface area (Å²) in [6.07, 6.45) is 2.99. The van der Waals surface area contributed by atoms with Gasteiger partial charge in [0.25, 0.3) is 0 Å². The smallest absolute Gasteiger partial charge is 0.137 e. The second kappa shape index (κ2) is 7.31. The molecule has 0 aromatic carbocycles. The molecule has 1 aromatic heterocycles. The zero-order chi connectivity index (χ0) is 13.5. The first-order chi connectivity index (χ1) is 8.60. The third kappa shape index (κ3) is 3.95. The lowest BCUT2D eigenvalue weighted by Crippen LogP contribution is -2.24. The molecule has 2 unspecified atom stereocenters. The van der Waals surface area contributed by atoms with Crippen LogP contribution in [0.2, 0.25) is 0 Å². The van der Waals surface area contributed by atoms with E-state index in [2.05, 4.69) is 4.98 Å². The molecule has 0 saturated carbocycles. The summed E-state index contributed by atoms with van der Waals surface area (Å²) in [5.74, 6) is 0.634. The van der Waals surface area contributed by atoms with Crippen molar-refractivity contribution in [2.24, 2.45) is 17.6 Å². The Morgan fingerprint density at radius 3 is 2.67 bits per heavy atom. The minimum absolute atomic E-state index is 0.187. The molecule has 102 valence electrons. The average Bonchev–Trinajstić information content (AvgIpc) is 2.37. The lowest BCUT2D eigenvalue weighted by molar-refractivity contribution is 0.187. The van der Waals surface area contributed by atoms with E-state index in [0.29, 0.717) is 24.5 Å². The van der Waals surface area contributed by atoms with E-state index in [1.54, 1.807) is 18.5 Å². The Hall–Kier alpha value is -1.16. The first kappa shape index (κ1) is 14.9. The molecule has 0 amide bonds. The molecule has 0 bridgehead atoms. The molecule has 1 heterocycles. The van der Waals surface area contributed by atoms with Crippen LogP contribution in [0.3, 0.4) is 0 Å². The van der Waals surface area contributed by atoms with Gasteiger partial charge in [-0.15, -0.1) is 0 Å². The Bertz CT molecular complexity index is 357. The fourth-order valence-electron chi connectivity index (χ4n) is 1.86. The standard InChI is InChI=1S/C14H23FN2O/c1-4-5-18-12-6-11(8-17-9-12)14(15)13(7-16)10(2)3/h6,8-10,13-14H,4-5,7,16H2,1-3H3. The Morgan fingerprint density at radius 2 is 2.11 bits per heavy atom. The zero-order valence-electron chi connectivity index (χ0n) is 11.4. The quantitative estimate of drug-likeness (QED) is 0.813. The van der Waals surface area contributed by atoms with Crippen LogP contribution in [0, 0.1) is 11.8 Å². The molecular weight excluding hydrogens is 231 g/mol. The Balaban J connectivity index is 2.81. The normalized spacial score (nSPS) is 14.6. The van der Waals surface area contributed by atoms with Crippen molar-refractivity contribution in [1.29, 1.82) is 0 Å². The molecule has 0 aliphatic carbocycles. The number of halogens is 1. The summed E-state index contributed by atoms with van der Waals surface area (Å²) in [4.78, 5) is 4.03. The van der Waals surface area contributed by atoms with E-state index in [1.807, 2.05) is 20.8 Å². The molecule has 3 nitrogen and oxygen atoms in total. The van der Waals surface area contributed by atoms with Gasteiger partial charge >= 0.3 is 0 Å². The van der Waals surface area contributed by atoms with Gasteiger partial charge in [0, 0.05) is 17.7 Å². The Morgan fingerprint density at radius 1 is 1.39 bits per heavy atom. The molecule has 0 aliphatic heterocycles. The number of aromatic nitrogens is 1. The van der Waals surface area contributed by atoms with Gasteiger partial charge in [0.2, 0.25) is 0 Å². The maximum absolute atomic E-state index is 14.4. The third-order valence-corrected chi connectivity index (χ3v) is 3.03. The first-order valence-corrected chi connectivity index (χ1v) is 6.52. The minimum Gasteiger partial charge on any atom is -0.492 e. The molecule has 0 spiro atoms. The highest BCUT2D eigenvalue weighted by molar-refractivity contribution is 5.25. The molecule has 2 atom stereocenters. The number of rotatable bonds is 7. The molecular formula is C14H23FN2O. The van der Waals surface area contributed by atoms with Crippen LogP contribution in [0.15, 0.2) is 18.5 Å². The number of alkyl halides is 1. The minimum atomic E-state index is -1.09. The van der Waals surface area contributed by atoms with Gasteiger partial charge in [0.05, 0.1) is 12.8 Å². The third-order valence-electron chi connectivity index (χ3n) is 3.03. The lowest BCUT2D eigenvalue weighted by Gasteiger charge is -2.23. The molecule has 0 aliphatic rings. The summed E-state index contributed by atoms with van der Waals surface area (Å²) in [5, 5.41) is 0. The molecule has 2 N–H and O–H groups in total. The summed E-state index contributed by atoms with van der Waals surface area (Å²) in [6, 6.07) is 1.72. The highest BCUT2D eigenvalue weighted by Crippen LogP contribution is 2.31. The van der Waals surface area contributed by atoms with E-state index < -0.39 is 6.17 Å². The Labute approximate surface area is 109 Å². The van der Waals surface area contributed by atoms with Crippen LogP contribution in [-0.4, -0.2) is 18.1 Å². The highest BCUT2D eigenvalue weighted by atomic mass is 19.1. The average molecular weight is 254 g/mol. The van der Waals surface area contributed by atoms with Crippen LogP contribution < -0.4 is 10.5 Å². The topological polar surface area (TPSA) is 48.1 Å². The number of hydrogen-bond acceptors (Lipinski definition) is 3. The number of ether oxygens (including phenoxy) is 1. The Kier molecular flexibility index (Phi) is 6.05. The van der Waals surface area contributed by atoms with Gasteiger partial charge in [-0.3, -0.25) is 4.98 Å². The van der Waals surface area contributed by atoms with E-state index >= 15 is 0 Å². The maximum Gasteiger partial charge on any atom is 0.137 e. The molecule has 18 heavy (non-hydrogen) atoms. The van der Waals surface area contributed by atoms with Crippen LogP contribution >= 0.6 is 0 Å². The lowest BCUT2D eigenvalue weighted by atomic mass is 9.88. The number of nitrogens with two attached hydrogens (primary N) is 1. The van der Waals surface area contributed by atoms with Crippen LogP contribution in [0.25, 0.3) is 0 Å². The fourth-order valence-corrected chi connectivity index (χ4v) is 1.86. The van der Waals surface area contributed by atoms with Gasteiger partial charge < -0.3 is 10.5 Å². The number of nitrogens with zero attached hydrogens (tertiary/aromatic N) is 1. The predicted molar refractivity (Wildman–Crippen MR) is 71.3 cm³/mol. The van der Waals surface area contributed by atoms with Crippen molar-refractivity contribution < 1.29 is 9.13 Å². The highest BCUT2D eigenvalue weighted by Gasteiger charge is 2.25. The molecule has 4 heteroatoms. The van der Waals surface area contributed by atoms with E-state index in [1.165, 1.54) is 0 Å². The van der Waals surface area contributed by atoms with Crippen molar-refractivity contribution in [2.75, 3.05) is 13.2 Å². The van der Waals surface area contributed by atoms with Gasteiger partial charge in [-0.25, -0.2) is 4.39 Å². The molecule has 0 fully saturated rings. The first-order valence-electron chi connectivity index (χ1n) is 6.52. The molecule has 0 radical (unpaired) electrons. The predicted octanol–water partition coefficient (Wildman–Crippen LogP) is 3.11. The van der Waals surface area contributed by atoms with E-state index in [-0.39, 0.29) is 11.8 Å². The summed E-state index contributed by atoms with van der Waals surface area (Å²) >= 11 is 0. The SMILES string of the molecule is CCCOc1cncc(C(F)C(CN)C(C)C)c1. The largest absolute Gasteiger partial charge is 0.492 e. The summed E-state index contributed by atoms with van der Waals surface area (Å²) in [5.41, 5.74) is 6.19. The molecule has 1 rings (SSSR count). The number of hydrogen-bond donors (Lipinski definition) is 1. The van der Waals surface area contributed by atoms with Crippen molar-refractivity contribution in [3.05, 3.63) is 24.0 Å². The van der Waals surface area contributed by atoms with Crippen molar-refractivity contribution in [3.63, 3.8) is 0 Å². The maximum atomic E-state index is 14.4. The van der Waals surface area contributed by atoms with Crippen LogP contribution in [0.1, 0.15) is 38.9 Å². The summed E-state index contributed by atoms with van der Waals surface area (Å²) < 4.78 is 19.8. The molecule has 1 aromatic rings. The van der Waals surface area contributed by atoms with Crippen molar-refractivity contribution >= 4 is 0 Å². The second-order valence-corrected chi connectivity index (χ2v) is 4.85. The van der Waals surface area contributed by atoms with Gasteiger partial charge in [0.1, 0.15) is 11.9 Å². The zero-order valence-corrected chi connectivity index (χ0v) is 11.4. The number of pyridine rings is 1. The van der Waals surface area contributed by atoms with Crippen LogP contribution in [-0.2, 0) is 0 Å². The second-order valence-electron chi connectivity index (χ2n) is 4.85. The summed E-state index contributed by atoms with van der Waals surface area (Å²) in [6.45, 7) is 6.94. The van der Waals surface area contributed by atoms with Crippen molar-refractivity contribution in [3.8, 4) is 5.75 Å². The molecule has 0 saturated heterocycles. The van der Waals surface area contributed by atoms with Crippen molar-refractivity contribution in [2.45, 2.75) is 33.4 Å². The fraction of sp³-hybridized carbons (Fsp3) is 0.643.